The van der Waals surface area contributed by atoms with Crippen LogP contribution in [-0.2, 0) is 10.8 Å². The van der Waals surface area contributed by atoms with Crippen LogP contribution in [0.2, 0.25) is 0 Å². The van der Waals surface area contributed by atoms with Crippen molar-refractivity contribution in [2.45, 2.75) is 52.4 Å². The summed E-state index contributed by atoms with van der Waals surface area (Å²) in [6, 6.07) is 59.3. The van der Waals surface area contributed by atoms with Crippen LogP contribution in [0.25, 0.3) is 76.2 Å². The van der Waals surface area contributed by atoms with Crippen molar-refractivity contribution in [3.05, 3.63) is 205 Å². The Balaban J connectivity index is 1.22. The van der Waals surface area contributed by atoms with E-state index in [2.05, 4.69) is 157 Å². The molecule has 0 aliphatic rings. The Bertz CT molecular complexity index is 3870. The van der Waals surface area contributed by atoms with Gasteiger partial charge in [0.15, 0.2) is 0 Å². The Morgan fingerprint density at radius 2 is 0.682 bits per heavy atom. The molecule has 0 bridgehead atoms. The van der Waals surface area contributed by atoms with Gasteiger partial charge in [-0.25, -0.2) is 0 Å². The third-order valence-corrected chi connectivity index (χ3v) is 13.9. The van der Waals surface area contributed by atoms with Crippen molar-refractivity contribution in [3.63, 3.8) is 0 Å². The molecule has 4 heteroatoms. The van der Waals surface area contributed by atoms with Gasteiger partial charge in [0.25, 0.3) is 0 Å². The van der Waals surface area contributed by atoms with Gasteiger partial charge in [-0.3, -0.25) is 0 Å². The molecule has 0 unspecified atom stereocenters. The van der Waals surface area contributed by atoms with Crippen molar-refractivity contribution in [1.82, 2.24) is 8.80 Å². The molecule has 4 aromatic heterocycles. The minimum Gasteiger partial charge on any atom is -0.310 e. The Labute approximate surface area is 390 Å². The van der Waals surface area contributed by atoms with Crippen molar-refractivity contribution in [3.8, 4) is 0 Å². The molecule has 4 nitrogen and oxygen atoms in total. The second-order valence-corrected chi connectivity index (χ2v) is 19.9. The van der Waals surface area contributed by atoms with Crippen molar-refractivity contribution in [2.75, 3.05) is 9.80 Å². The summed E-state index contributed by atoms with van der Waals surface area (Å²) in [5.74, 6) is 0. The molecule has 0 spiro atoms. The van der Waals surface area contributed by atoms with Crippen molar-refractivity contribution in [1.29, 1.82) is 0 Å². The van der Waals surface area contributed by atoms with Crippen LogP contribution in [-0.4, -0.2) is 8.80 Å². The molecular weight excluding hydrogens is 801 g/mol. The van der Waals surface area contributed by atoms with Gasteiger partial charge in [-0.2, -0.15) is 0 Å². The zero-order valence-electron chi connectivity index (χ0n) is 42.0. The first-order valence-corrected chi connectivity index (χ1v) is 23.0. The highest BCUT2D eigenvalue weighted by Crippen LogP contribution is 2.52. The molecule has 0 atom stereocenters. The number of benzene rings is 9. The predicted molar refractivity (Wildman–Crippen MR) is 283 cm³/mol. The van der Waals surface area contributed by atoms with Gasteiger partial charge < -0.3 is 18.6 Å². The zero-order valence-corrected chi connectivity index (χ0v) is 38.0. The van der Waals surface area contributed by atoms with Crippen LogP contribution in [0.3, 0.4) is 0 Å². The smallest absolute Gasteiger partial charge is 0.0645 e. The molecule has 0 amide bonds. The summed E-state index contributed by atoms with van der Waals surface area (Å²) in [6.45, 7) is 13.4. The average Bonchev–Trinajstić information content (AvgIpc) is 4.08. The standard InChI is InChI=1S/C62H50N4/c1-61(2,3)39-27-31-51-49(35-39)57-53(63(41-19-11-7-12-20-41)42-21-13-8-14-22-42)33-29-45-47-38-56-48(37-55(47)65(51)59(45)57)46-30-34-54(64(43-23-15-9-16-24-43)44-25-17-10-18-26-44)58-50-36-40(62(4,5)6)28-32-52(50)66(56)60(46)58/h7-38H,1-6H3/i29D,30D,33D,34D. The van der Waals surface area contributed by atoms with Gasteiger partial charge in [-0.15, -0.1) is 0 Å². The molecule has 0 radical (unpaired) electrons. The molecule has 13 rings (SSSR count). The third kappa shape index (κ3) is 5.51. The predicted octanol–water partition coefficient (Wildman–Crippen LogP) is 17.5. The molecule has 0 saturated heterocycles. The molecule has 0 saturated carbocycles. The number of hydrogen-bond acceptors (Lipinski definition) is 2. The summed E-state index contributed by atoms with van der Waals surface area (Å²) in [7, 11) is 0. The molecule has 9 aromatic carbocycles. The van der Waals surface area contributed by atoms with Gasteiger partial charge in [0, 0.05) is 65.8 Å². The Morgan fingerprint density at radius 1 is 0.348 bits per heavy atom. The quantitative estimate of drug-likeness (QED) is 0.166. The summed E-state index contributed by atoms with van der Waals surface area (Å²) in [5, 5.41) is 7.08. The summed E-state index contributed by atoms with van der Waals surface area (Å²) in [4.78, 5) is 4.30. The van der Waals surface area contributed by atoms with E-state index in [1.54, 1.807) is 0 Å². The SMILES string of the molecule is [2H]c1c([2H])c2c3cc4c(cc3n3c5ccc(C(C)(C)C)cc5c(c1N(c1ccccc1)c1ccccc1)c23)c1c([2H])c([2H])c(N(c2ccccc2)c2ccccc2)c2c3cc(C(C)(C)C)ccc3n4c12. The monoisotopic (exact) mass is 854 g/mol. The first-order valence-electron chi connectivity index (χ1n) is 25.0. The summed E-state index contributed by atoms with van der Waals surface area (Å²) in [5.41, 5.74) is 12.6. The van der Waals surface area contributed by atoms with E-state index in [9.17, 15) is 5.48 Å². The molecule has 318 valence electrons. The molecule has 13 aromatic rings. The van der Waals surface area contributed by atoms with E-state index in [-0.39, 0.29) is 35.0 Å². The molecule has 0 aliphatic heterocycles. The maximum atomic E-state index is 10.2. The van der Waals surface area contributed by atoms with E-state index in [1.807, 2.05) is 72.8 Å². The second-order valence-electron chi connectivity index (χ2n) is 19.9. The average molecular weight is 855 g/mol. The number of nitrogens with zero attached hydrogens (tertiary/aromatic N) is 4. The maximum Gasteiger partial charge on any atom is 0.0645 e. The van der Waals surface area contributed by atoms with Gasteiger partial charge in [-0.1, -0.05) is 139 Å². The molecule has 0 aliphatic carbocycles. The summed E-state index contributed by atoms with van der Waals surface area (Å²) >= 11 is 0. The Kier molecular flexibility index (Phi) is 7.25. The van der Waals surface area contributed by atoms with Crippen LogP contribution >= 0.6 is 0 Å². The number of fused-ring (bicyclic) bond motifs is 12. The van der Waals surface area contributed by atoms with E-state index in [4.69, 9.17) is 0 Å². The van der Waals surface area contributed by atoms with E-state index in [0.29, 0.717) is 11.4 Å². The van der Waals surface area contributed by atoms with Gasteiger partial charge in [-0.05, 0) is 119 Å². The fourth-order valence-corrected chi connectivity index (χ4v) is 10.7. The largest absolute Gasteiger partial charge is 0.310 e. The normalized spacial score (nSPS) is 13.5. The van der Waals surface area contributed by atoms with Crippen LogP contribution in [0.1, 0.15) is 58.2 Å². The number of anilines is 6. The Hall–Kier alpha value is -7.82. The lowest BCUT2D eigenvalue weighted by Crippen LogP contribution is -2.11. The van der Waals surface area contributed by atoms with Crippen LogP contribution in [0.4, 0.5) is 34.1 Å². The van der Waals surface area contributed by atoms with E-state index >= 15 is 0 Å². The van der Waals surface area contributed by atoms with Gasteiger partial charge >= 0.3 is 0 Å². The summed E-state index contributed by atoms with van der Waals surface area (Å²) in [6.07, 6.45) is 0. The third-order valence-electron chi connectivity index (χ3n) is 13.9. The minimum absolute atomic E-state index is 0.148. The highest BCUT2D eigenvalue weighted by Gasteiger charge is 2.29. The van der Waals surface area contributed by atoms with E-state index in [1.165, 1.54) is 11.1 Å². The van der Waals surface area contributed by atoms with Crippen LogP contribution in [0, 0.1) is 0 Å². The van der Waals surface area contributed by atoms with Gasteiger partial charge in [0.2, 0.25) is 0 Å². The number of hydrogen-bond donors (Lipinski definition) is 0. The molecular formula is C62H50N4. The fourth-order valence-electron chi connectivity index (χ4n) is 10.7. The van der Waals surface area contributed by atoms with Crippen LogP contribution in [0.15, 0.2) is 194 Å². The zero-order chi connectivity index (χ0) is 48.1. The van der Waals surface area contributed by atoms with Crippen LogP contribution < -0.4 is 9.80 Å². The molecule has 4 heterocycles. The maximum absolute atomic E-state index is 10.2. The Morgan fingerprint density at radius 3 is 1.00 bits per heavy atom. The first kappa shape index (κ1) is 34.6. The molecule has 0 fully saturated rings. The van der Waals surface area contributed by atoms with Crippen molar-refractivity contribution >= 4 is 110 Å². The van der Waals surface area contributed by atoms with Crippen LogP contribution in [0.5, 0.6) is 0 Å². The van der Waals surface area contributed by atoms with Gasteiger partial charge in [0.05, 0.1) is 50.0 Å². The lowest BCUT2D eigenvalue weighted by atomic mass is 9.86. The van der Waals surface area contributed by atoms with Crippen molar-refractivity contribution < 1.29 is 5.48 Å². The number of aromatic nitrogens is 2. The second kappa shape index (κ2) is 13.8. The summed E-state index contributed by atoms with van der Waals surface area (Å²) < 4.78 is 45.3. The molecule has 66 heavy (non-hydrogen) atoms. The highest BCUT2D eigenvalue weighted by molar-refractivity contribution is 6.32. The first-order chi connectivity index (χ1) is 33.7. The van der Waals surface area contributed by atoms with Crippen molar-refractivity contribution in [2.24, 2.45) is 0 Å². The topological polar surface area (TPSA) is 15.3 Å². The number of rotatable bonds is 6. The highest BCUT2D eigenvalue weighted by atomic mass is 15.2. The number of para-hydroxylation sites is 4. The lowest BCUT2D eigenvalue weighted by molar-refractivity contribution is 0.591. The van der Waals surface area contributed by atoms with E-state index in [0.717, 1.165) is 98.9 Å². The van der Waals surface area contributed by atoms with E-state index < -0.39 is 0 Å². The molecule has 0 N–H and O–H groups in total. The minimum atomic E-state index is -0.150. The fraction of sp³-hybridized carbons (Fsp3) is 0.129. The lowest BCUT2D eigenvalue weighted by Gasteiger charge is -2.26. The van der Waals surface area contributed by atoms with Gasteiger partial charge in [0.1, 0.15) is 0 Å².